The molecule has 3 aromatic rings. The van der Waals surface area contributed by atoms with Crippen molar-refractivity contribution in [2.24, 2.45) is 0 Å². The SMILES string of the molecule is COC(=O)c1ccc(N2C(=O)CC(N(Cc3ccc(C)cc3)C(=O)c3cccs3)C2=O)cc1. The van der Waals surface area contributed by atoms with E-state index in [4.69, 9.17) is 0 Å². The number of rotatable bonds is 6. The third-order valence-corrected chi connectivity index (χ3v) is 6.37. The van der Waals surface area contributed by atoms with E-state index < -0.39 is 23.8 Å². The van der Waals surface area contributed by atoms with Gasteiger partial charge in [0.05, 0.1) is 29.7 Å². The van der Waals surface area contributed by atoms with Gasteiger partial charge in [0, 0.05) is 6.54 Å². The van der Waals surface area contributed by atoms with Gasteiger partial charge in [0.15, 0.2) is 0 Å². The van der Waals surface area contributed by atoms with E-state index in [0.29, 0.717) is 16.1 Å². The maximum atomic E-state index is 13.4. The summed E-state index contributed by atoms with van der Waals surface area (Å²) in [5.41, 5.74) is 2.61. The minimum Gasteiger partial charge on any atom is -0.465 e. The molecule has 7 nitrogen and oxygen atoms in total. The lowest BCUT2D eigenvalue weighted by Crippen LogP contribution is -2.44. The summed E-state index contributed by atoms with van der Waals surface area (Å²) in [5, 5.41) is 1.80. The van der Waals surface area contributed by atoms with Crippen LogP contribution in [0.25, 0.3) is 0 Å². The van der Waals surface area contributed by atoms with E-state index in [1.807, 2.05) is 31.2 Å². The molecule has 1 atom stereocenters. The Morgan fingerprint density at radius 1 is 1.06 bits per heavy atom. The van der Waals surface area contributed by atoms with Crippen molar-refractivity contribution in [3.8, 4) is 0 Å². The van der Waals surface area contributed by atoms with Crippen LogP contribution in [0.15, 0.2) is 66.0 Å². The van der Waals surface area contributed by atoms with E-state index in [-0.39, 0.29) is 18.9 Å². The molecule has 0 radical (unpaired) electrons. The van der Waals surface area contributed by atoms with Crippen LogP contribution >= 0.6 is 11.3 Å². The van der Waals surface area contributed by atoms with Crippen molar-refractivity contribution in [2.45, 2.75) is 25.9 Å². The predicted molar refractivity (Wildman–Crippen MR) is 124 cm³/mol. The number of anilines is 1. The molecule has 1 unspecified atom stereocenters. The molecule has 8 heteroatoms. The Morgan fingerprint density at radius 2 is 1.76 bits per heavy atom. The maximum Gasteiger partial charge on any atom is 0.337 e. The number of imide groups is 1. The Labute approximate surface area is 195 Å². The molecule has 4 rings (SSSR count). The van der Waals surface area contributed by atoms with Gasteiger partial charge in [-0.1, -0.05) is 35.9 Å². The Hall–Kier alpha value is -3.78. The highest BCUT2D eigenvalue weighted by molar-refractivity contribution is 7.12. The second-order valence-corrected chi connectivity index (χ2v) is 8.67. The van der Waals surface area contributed by atoms with E-state index in [1.54, 1.807) is 17.5 Å². The minimum atomic E-state index is -0.923. The fraction of sp³-hybridized carbons (Fsp3) is 0.200. The first-order valence-electron chi connectivity index (χ1n) is 10.3. The molecule has 168 valence electrons. The van der Waals surface area contributed by atoms with Gasteiger partial charge in [0.2, 0.25) is 5.91 Å². The molecule has 2 heterocycles. The summed E-state index contributed by atoms with van der Waals surface area (Å²) in [5.74, 6) is -1.67. The number of esters is 1. The number of ether oxygens (including phenoxy) is 1. The van der Waals surface area contributed by atoms with Crippen molar-refractivity contribution in [3.63, 3.8) is 0 Å². The number of aryl methyl sites for hydroxylation is 1. The largest absolute Gasteiger partial charge is 0.465 e. The van der Waals surface area contributed by atoms with Crippen LogP contribution < -0.4 is 4.90 Å². The summed E-state index contributed by atoms with van der Waals surface area (Å²) in [7, 11) is 1.28. The van der Waals surface area contributed by atoms with Crippen molar-refractivity contribution in [1.82, 2.24) is 4.90 Å². The highest BCUT2D eigenvalue weighted by Crippen LogP contribution is 2.29. The summed E-state index contributed by atoms with van der Waals surface area (Å²) in [6.45, 7) is 2.18. The van der Waals surface area contributed by atoms with E-state index in [0.717, 1.165) is 16.0 Å². The van der Waals surface area contributed by atoms with Gasteiger partial charge in [-0.3, -0.25) is 14.4 Å². The maximum absolute atomic E-state index is 13.4. The summed E-state index contributed by atoms with van der Waals surface area (Å²) in [6.07, 6.45) is -0.111. The topological polar surface area (TPSA) is 84.0 Å². The molecule has 0 saturated carbocycles. The highest BCUT2D eigenvalue weighted by atomic mass is 32.1. The van der Waals surface area contributed by atoms with Crippen molar-refractivity contribution < 1.29 is 23.9 Å². The van der Waals surface area contributed by atoms with Gasteiger partial charge in [-0.2, -0.15) is 0 Å². The number of nitrogens with zero attached hydrogens (tertiary/aromatic N) is 2. The number of benzene rings is 2. The van der Waals surface area contributed by atoms with Gasteiger partial charge in [0.1, 0.15) is 6.04 Å². The van der Waals surface area contributed by atoms with Crippen LogP contribution in [0.1, 0.15) is 37.6 Å². The van der Waals surface area contributed by atoms with Crippen molar-refractivity contribution in [3.05, 3.63) is 87.6 Å². The Balaban J connectivity index is 1.63. The quantitative estimate of drug-likeness (QED) is 0.411. The van der Waals surface area contributed by atoms with Crippen LogP contribution in [-0.2, 0) is 20.9 Å². The first-order valence-corrected chi connectivity index (χ1v) is 11.2. The first kappa shape index (κ1) is 22.4. The molecule has 0 spiro atoms. The molecule has 33 heavy (non-hydrogen) atoms. The van der Waals surface area contributed by atoms with E-state index in [2.05, 4.69) is 4.74 Å². The smallest absolute Gasteiger partial charge is 0.337 e. The second kappa shape index (κ2) is 9.38. The van der Waals surface area contributed by atoms with E-state index >= 15 is 0 Å². The zero-order valence-corrected chi connectivity index (χ0v) is 19.0. The molecule has 1 saturated heterocycles. The van der Waals surface area contributed by atoms with Gasteiger partial charge in [-0.25, -0.2) is 9.69 Å². The monoisotopic (exact) mass is 462 g/mol. The third-order valence-electron chi connectivity index (χ3n) is 5.51. The van der Waals surface area contributed by atoms with Crippen LogP contribution in [0.3, 0.4) is 0 Å². The zero-order chi connectivity index (χ0) is 23.5. The fourth-order valence-electron chi connectivity index (χ4n) is 3.75. The van der Waals surface area contributed by atoms with E-state index in [1.165, 1.54) is 47.6 Å². The Bertz CT molecular complexity index is 1190. The lowest BCUT2D eigenvalue weighted by Gasteiger charge is -2.27. The number of carbonyl (C=O) groups is 4. The molecule has 0 aliphatic carbocycles. The lowest BCUT2D eigenvalue weighted by molar-refractivity contribution is -0.122. The predicted octanol–water partition coefficient (Wildman–Crippen LogP) is 3.82. The number of thiophene rings is 1. The average Bonchev–Trinajstić information content (AvgIpc) is 3.46. The summed E-state index contributed by atoms with van der Waals surface area (Å²) < 4.78 is 4.69. The van der Waals surface area contributed by atoms with Crippen molar-refractivity contribution >= 4 is 40.7 Å². The number of amides is 3. The molecule has 3 amide bonds. The normalized spacial score (nSPS) is 15.6. The Kier molecular flexibility index (Phi) is 6.37. The highest BCUT2D eigenvalue weighted by Gasteiger charge is 2.44. The molecular weight excluding hydrogens is 440 g/mol. The van der Waals surface area contributed by atoms with Gasteiger partial charge < -0.3 is 9.64 Å². The number of hydrogen-bond donors (Lipinski definition) is 0. The number of carbonyl (C=O) groups excluding carboxylic acids is 4. The molecule has 2 aromatic carbocycles. The molecule has 1 fully saturated rings. The molecular formula is C25H22N2O5S. The van der Waals surface area contributed by atoms with Crippen LogP contribution in [0.4, 0.5) is 5.69 Å². The van der Waals surface area contributed by atoms with Crippen LogP contribution in [0.5, 0.6) is 0 Å². The van der Waals surface area contributed by atoms with Crippen LogP contribution in [0, 0.1) is 6.92 Å². The molecule has 0 N–H and O–H groups in total. The summed E-state index contributed by atoms with van der Waals surface area (Å²) >= 11 is 1.29. The molecule has 1 aliphatic rings. The molecule has 1 aromatic heterocycles. The van der Waals surface area contributed by atoms with Crippen LogP contribution in [-0.4, -0.2) is 41.7 Å². The van der Waals surface area contributed by atoms with Gasteiger partial charge in [0.25, 0.3) is 11.8 Å². The first-order chi connectivity index (χ1) is 15.9. The fourth-order valence-corrected chi connectivity index (χ4v) is 4.43. The molecule has 1 aliphatic heterocycles. The van der Waals surface area contributed by atoms with Crippen molar-refractivity contribution in [2.75, 3.05) is 12.0 Å². The number of methoxy groups -OCH3 is 1. The van der Waals surface area contributed by atoms with Gasteiger partial charge in [-0.05, 0) is 48.2 Å². The lowest BCUT2D eigenvalue weighted by atomic mass is 10.1. The van der Waals surface area contributed by atoms with Crippen molar-refractivity contribution in [1.29, 1.82) is 0 Å². The van der Waals surface area contributed by atoms with Gasteiger partial charge >= 0.3 is 5.97 Å². The Morgan fingerprint density at radius 3 is 2.36 bits per heavy atom. The van der Waals surface area contributed by atoms with E-state index in [9.17, 15) is 19.2 Å². The standard InChI is InChI=1S/C25H22N2O5S/c1-16-5-7-17(8-6-16)15-26(24(30)21-4-3-13-33-21)20-14-22(28)27(23(20)29)19-11-9-18(10-12-19)25(31)32-2/h3-13,20H,14-15H2,1-2H3. The average molecular weight is 463 g/mol. The zero-order valence-electron chi connectivity index (χ0n) is 18.2. The summed E-state index contributed by atoms with van der Waals surface area (Å²) in [6, 6.07) is 16.3. The number of hydrogen-bond acceptors (Lipinski definition) is 6. The molecule has 0 bridgehead atoms. The second-order valence-electron chi connectivity index (χ2n) is 7.72. The van der Waals surface area contributed by atoms with Crippen LogP contribution in [0.2, 0.25) is 0 Å². The summed E-state index contributed by atoms with van der Waals surface area (Å²) in [4.78, 5) is 54.3. The minimum absolute atomic E-state index is 0.111. The third kappa shape index (κ3) is 4.56. The van der Waals surface area contributed by atoms with Gasteiger partial charge in [-0.15, -0.1) is 11.3 Å².